The maximum atomic E-state index is 12.7. The zero-order valence-electron chi connectivity index (χ0n) is 19.8. The van der Waals surface area contributed by atoms with Gasteiger partial charge in [-0.25, -0.2) is 4.79 Å². The molecule has 0 spiro atoms. The Balaban J connectivity index is 1.79. The highest BCUT2D eigenvalue weighted by Crippen LogP contribution is 2.35. The number of piperidine rings is 1. The van der Waals surface area contributed by atoms with Crippen molar-refractivity contribution in [2.45, 2.75) is 32.7 Å². The molecular weight excluding hydrogens is 436 g/mol. The predicted octanol–water partition coefficient (Wildman–Crippen LogP) is 3.62. The molecule has 182 valence electrons. The van der Waals surface area contributed by atoms with E-state index in [0.717, 1.165) is 24.0 Å². The number of carboxylic acids is 1. The summed E-state index contributed by atoms with van der Waals surface area (Å²) in [6, 6.07) is 12.3. The molecule has 1 aliphatic heterocycles. The second-order valence-electron chi connectivity index (χ2n) is 8.54. The second-order valence-corrected chi connectivity index (χ2v) is 8.54. The van der Waals surface area contributed by atoms with E-state index >= 15 is 0 Å². The predicted molar refractivity (Wildman–Crippen MR) is 130 cm³/mol. The van der Waals surface area contributed by atoms with E-state index in [2.05, 4.69) is 16.0 Å². The van der Waals surface area contributed by atoms with Crippen molar-refractivity contribution in [1.82, 2.24) is 10.2 Å². The molecule has 1 heterocycles. The van der Waals surface area contributed by atoms with Crippen LogP contribution in [0.2, 0.25) is 0 Å². The first-order valence-corrected chi connectivity index (χ1v) is 11.3. The van der Waals surface area contributed by atoms with Gasteiger partial charge >= 0.3 is 12.0 Å². The Morgan fingerprint density at radius 3 is 2.38 bits per heavy atom. The second kappa shape index (κ2) is 11.5. The number of carbonyl (C=O) groups is 3. The summed E-state index contributed by atoms with van der Waals surface area (Å²) in [4.78, 5) is 37.6. The minimum absolute atomic E-state index is 0.0180. The van der Waals surface area contributed by atoms with Crippen molar-refractivity contribution < 1.29 is 24.2 Å². The first-order valence-electron chi connectivity index (χ1n) is 11.3. The van der Waals surface area contributed by atoms with Crippen LogP contribution in [0.5, 0.6) is 5.75 Å². The van der Waals surface area contributed by atoms with Crippen LogP contribution in [0.3, 0.4) is 0 Å². The Kier molecular flexibility index (Phi) is 8.48. The minimum Gasteiger partial charge on any atom is -0.495 e. The van der Waals surface area contributed by atoms with E-state index in [1.807, 2.05) is 48.2 Å². The number of rotatable bonds is 8. The van der Waals surface area contributed by atoms with E-state index in [1.165, 1.54) is 14.0 Å². The van der Waals surface area contributed by atoms with Crippen molar-refractivity contribution in [3.05, 3.63) is 53.6 Å². The lowest BCUT2D eigenvalue weighted by Gasteiger charge is -2.36. The third kappa shape index (κ3) is 6.71. The van der Waals surface area contributed by atoms with E-state index < -0.39 is 12.0 Å². The van der Waals surface area contributed by atoms with Crippen LogP contribution in [-0.2, 0) is 9.59 Å². The fourth-order valence-electron chi connectivity index (χ4n) is 4.33. The molecule has 3 rings (SSSR count). The number of urea groups is 1. The number of aryl methyl sites for hydroxylation is 1. The summed E-state index contributed by atoms with van der Waals surface area (Å²) in [5.74, 6) is -0.357. The lowest BCUT2D eigenvalue weighted by atomic mass is 9.85. The maximum absolute atomic E-state index is 12.7. The van der Waals surface area contributed by atoms with Gasteiger partial charge in [-0.3, -0.25) is 14.5 Å². The zero-order valence-corrected chi connectivity index (χ0v) is 19.8. The van der Waals surface area contributed by atoms with Crippen LogP contribution in [0.15, 0.2) is 42.5 Å². The van der Waals surface area contributed by atoms with Gasteiger partial charge < -0.3 is 25.8 Å². The molecule has 0 saturated carbocycles. The molecular formula is C25H32N4O5. The average molecular weight is 469 g/mol. The Hall–Kier alpha value is -3.59. The van der Waals surface area contributed by atoms with Crippen molar-refractivity contribution >= 4 is 29.3 Å². The van der Waals surface area contributed by atoms with E-state index in [4.69, 9.17) is 9.84 Å². The summed E-state index contributed by atoms with van der Waals surface area (Å²) in [5.41, 5.74) is 2.99. The lowest BCUT2D eigenvalue weighted by molar-refractivity contribution is -0.138. The van der Waals surface area contributed by atoms with Gasteiger partial charge in [-0.2, -0.15) is 0 Å². The lowest BCUT2D eigenvalue weighted by Crippen LogP contribution is -2.42. The highest BCUT2D eigenvalue weighted by atomic mass is 16.5. The van der Waals surface area contributed by atoms with Gasteiger partial charge in [0, 0.05) is 12.6 Å². The van der Waals surface area contributed by atoms with Crippen LogP contribution in [0.1, 0.15) is 36.9 Å². The third-order valence-electron chi connectivity index (χ3n) is 6.05. The summed E-state index contributed by atoms with van der Waals surface area (Å²) in [7, 11) is 1.53. The van der Waals surface area contributed by atoms with Crippen LogP contribution in [0.4, 0.5) is 16.2 Å². The summed E-state index contributed by atoms with van der Waals surface area (Å²) in [6.07, 6.45) is 1.50. The SMILES string of the molecule is COc1ccc(C(NC(C)=O)C2CCN(CC(=O)O)CC2)cc1NC(=O)Nc1ccccc1C. The molecule has 0 aromatic heterocycles. The number of ether oxygens (including phenoxy) is 1. The number of aliphatic carboxylic acids is 1. The highest BCUT2D eigenvalue weighted by molar-refractivity contribution is 6.01. The van der Waals surface area contributed by atoms with Crippen molar-refractivity contribution in [2.75, 3.05) is 37.4 Å². The van der Waals surface area contributed by atoms with Gasteiger partial charge in [0.2, 0.25) is 5.91 Å². The van der Waals surface area contributed by atoms with Crippen LogP contribution < -0.4 is 20.7 Å². The van der Waals surface area contributed by atoms with Gasteiger partial charge in [-0.15, -0.1) is 0 Å². The number of methoxy groups -OCH3 is 1. The number of carboxylic acid groups (broad SMARTS) is 1. The first kappa shape index (κ1) is 25.0. The van der Waals surface area contributed by atoms with Gasteiger partial charge in [0.25, 0.3) is 0 Å². The number of carbonyl (C=O) groups excluding carboxylic acids is 2. The highest BCUT2D eigenvalue weighted by Gasteiger charge is 2.29. The van der Waals surface area contributed by atoms with Crippen molar-refractivity contribution in [2.24, 2.45) is 5.92 Å². The molecule has 34 heavy (non-hydrogen) atoms. The fraction of sp³-hybridized carbons (Fsp3) is 0.400. The number of benzene rings is 2. The molecule has 2 aromatic carbocycles. The standard InChI is InChI=1S/C25H32N4O5/c1-16-6-4-5-7-20(16)27-25(33)28-21-14-19(8-9-22(21)34-3)24(26-17(2)30)18-10-12-29(13-11-18)15-23(31)32/h4-9,14,18,24H,10-13,15H2,1-3H3,(H,26,30)(H,31,32)(H2,27,28,33). The number of nitrogens with one attached hydrogen (secondary N) is 3. The first-order chi connectivity index (χ1) is 16.3. The Labute approximate surface area is 199 Å². The largest absolute Gasteiger partial charge is 0.495 e. The van der Waals surface area contributed by atoms with E-state index in [0.29, 0.717) is 30.2 Å². The third-order valence-corrected chi connectivity index (χ3v) is 6.05. The summed E-state index contributed by atoms with van der Waals surface area (Å²) < 4.78 is 5.44. The Morgan fingerprint density at radius 2 is 1.76 bits per heavy atom. The van der Waals surface area contributed by atoms with E-state index in [1.54, 1.807) is 6.07 Å². The fourth-order valence-corrected chi connectivity index (χ4v) is 4.33. The van der Waals surface area contributed by atoms with Crippen LogP contribution in [-0.4, -0.2) is 54.7 Å². The minimum atomic E-state index is -0.841. The number of nitrogens with zero attached hydrogens (tertiary/aromatic N) is 1. The molecule has 1 fully saturated rings. The topological polar surface area (TPSA) is 120 Å². The molecule has 4 N–H and O–H groups in total. The zero-order chi connectivity index (χ0) is 24.7. The van der Waals surface area contributed by atoms with E-state index in [9.17, 15) is 14.4 Å². The summed E-state index contributed by atoms with van der Waals surface area (Å²) in [6.45, 7) is 4.70. The molecule has 2 aromatic rings. The van der Waals surface area contributed by atoms with Gasteiger partial charge in [0.05, 0.1) is 25.4 Å². The number of hydrogen-bond donors (Lipinski definition) is 4. The molecule has 1 atom stereocenters. The van der Waals surface area contributed by atoms with Crippen molar-refractivity contribution in [1.29, 1.82) is 0 Å². The van der Waals surface area contributed by atoms with Gasteiger partial charge in [-0.05, 0) is 68.1 Å². The molecule has 3 amide bonds. The smallest absolute Gasteiger partial charge is 0.323 e. The molecule has 9 nitrogen and oxygen atoms in total. The number of likely N-dealkylation sites (tertiary alicyclic amines) is 1. The number of para-hydroxylation sites is 1. The maximum Gasteiger partial charge on any atom is 0.323 e. The Bertz CT molecular complexity index is 1030. The van der Waals surface area contributed by atoms with Crippen LogP contribution >= 0.6 is 0 Å². The van der Waals surface area contributed by atoms with Crippen molar-refractivity contribution in [3.8, 4) is 5.75 Å². The van der Waals surface area contributed by atoms with Gasteiger partial charge in [-0.1, -0.05) is 24.3 Å². The molecule has 1 aliphatic rings. The quantitative estimate of drug-likeness (QED) is 0.470. The van der Waals surface area contributed by atoms with Gasteiger partial charge in [0.15, 0.2) is 0 Å². The van der Waals surface area contributed by atoms with Crippen LogP contribution in [0, 0.1) is 12.8 Å². The molecule has 1 unspecified atom stereocenters. The summed E-state index contributed by atoms with van der Waals surface area (Å²) >= 11 is 0. The monoisotopic (exact) mass is 468 g/mol. The van der Waals surface area contributed by atoms with E-state index in [-0.39, 0.29) is 24.4 Å². The molecule has 0 radical (unpaired) electrons. The van der Waals surface area contributed by atoms with Crippen LogP contribution in [0.25, 0.3) is 0 Å². The normalized spacial score (nSPS) is 15.3. The van der Waals surface area contributed by atoms with Gasteiger partial charge in [0.1, 0.15) is 5.75 Å². The average Bonchev–Trinajstić information content (AvgIpc) is 2.79. The van der Waals surface area contributed by atoms with Crippen molar-refractivity contribution in [3.63, 3.8) is 0 Å². The molecule has 0 bridgehead atoms. The summed E-state index contributed by atoms with van der Waals surface area (Å²) in [5, 5.41) is 17.8. The number of amides is 3. The Morgan fingerprint density at radius 1 is 1.09 bits per heavy atom. The molecule has 0 aliphatic carbocycles. The number of anilines is 2. The molecule has 9 heteroatoms. The molecule has 1 saturated heterocycles. The number of hydrogen-bond acceptors (Lipinski definition) is 5.